The molecule has 29 heavy (non-hydrogen) atoms. The quantitative estimate of drug-likeness (QED) is 0.461. The van der Waals surface area contributed by atoms with Crippen LogP contribution in [0.3, 0.4) is 0 Å². The number of fused-ring (bicyclic) bond motifs is 1. The van der Waals surface area contributed by atoms with E-state index in [1.165, 1.54) is 53.2 Å². The standard InChI is InChI=1S/C19H14FN3O4S2/c1-28(24,25)19-21-12-13-11-17(29(26,27)16-5-3-2-4-6-16)23(18(13)22-19)15-9-7-14(20)8-10-15/h2-12H,1H3. The van der Waals surface area contributed by atoms with Gasteiger partial charge in [0.15, 0.2) is 0 Å². The maximum atomic E-state index is 13.4. The molecule has 0 aliphatic heterocycles. The van der Waals surface area contributed by atoms with Crippen LogP contribution in [-0.2, 0) is 19.7 Å². The maximum Gasteiger partial charge on any atom is 0.248 e. The van der Waals surface area contributed by atoms with Gasteiger partial charge >= 0.3 is 0 Å². The average Bonchev–Trinajstić information content (AvgIpc) is 3.08. The number of hydrogen-bond donors (Lipinski definition) is 0. The molecule has 0 N–H and O–H groups in total. The zero-order valence-electron chi connectivity index (χ0n) is 15.0. The summed E-state index contributed by atoms with van der Waals surface area (Å²) in [5, 5.41) is -0.239. The van der Waals surface area contributed by atoms with Crippen molar-refractivity contribution in [2.75, 3.05) is 6.26 Å². The van der Waals surface area contributed by atoms with Crippen LogP contribution in [0.2, 0.25) is 0 Å². The number of aromatic nitrogens is 3. The summed E-state index contributed by atoms with van der Waals surface area (Å²) in [5.41, 5.74) is 0.399. The summed E-state index contributed by atoms with van der Waals surface area (Å²) in [6, 6.07) is 14.3. The largest absolute Gasteiger partial charge is 0.284 e. The molecular weight excluding hydrogens is 417 g/mol. The van der Waals surface area contributed by atoms with Crippen molar-refractivity contribution in [3.05, 3.63) is 72.7 Å². The second-order valence-corrected chi connectivity index (χ2v) is 10.1. The van der Waals surface area contributed by atoms with Crippen LogP contribution in [0.1, 0.15) is 0 Å². The first-order valence-corrected chi connectivity index (χ1v) is 11.7. The van der Waals surface area contributed by atoms with Crippen LogP contribution in [-0.4, -0.2) is 37.6 Å². The Labute approximate surface area is 166 Å². The number of halogens is 1. The van der Waals surface area contributed by atoms with E-state index >= 15 is 0 Å². The van der Waals surface area contributed by atoms with E-state index in [2.05, 4.69) is 9.97 Å². The predicted octanol–water partition coefficient (Wildman–Crippen LogP) is 2.80. The Morgan fingerprint density at radius 1 is 0.931 bits per heavy atom. The van der Waals surface area contributed by atoms with Crippen molar-refractivity contribution in [3.63, 3.8) is 0 Å². The van der Waals surface area contributed by atoms with Gasteiger partial charge in [0.25, 0.3) is 0 Å². The van der Waals surface area contributed by atoms with E-state index in [0.29, 0.717) is 11.1 Å². The minimum atomic E-state index is -3.99. The minimum absolute atomic E-state index is 0.0578. The highest BCUT2D eigenvalue weighted by Gasteiger charge is 2.26. The molecule has 0 saturated carbocycles. The first-order chi connectivity index (χ1) is 13.7. The molecule has 2 heterocycles. The summed E-state index contributed by atoms with van der Waals surface area (Å²) in [4.78, 5) is 7.96. The maximum absolute atomic E-state index is 13.4. The highest BCUT2D eigenvalue weighted by molar-refractivity contribution is 7.91. The van der Waals surface area contributed by atoms with E-state index in [1.807, 2.05) is 0 Å². The van der Waals surface area contributed by atoms with Crippen LogP contribution in [0.4, 0.5) is 4.39 Å². The Hall–Kier alpha value is -3.11. The van der Waals surface area contributed by atoms with Gasteiger partial charge < -0.3 is 0 Å². The predicted molar refractivity (Wildman–Crippen MR) is 104 cm³/mol. The monoisotopic (exact) mass is 431 g/mol. The lowest BCUT2D eigenvalue weighted by atomic mass is 10.3. The zero-order valence-corrected chi connectivity index (χ0v) is 16.7. The van der Waals surface area contributed by atoms with Crippen LogP contribution in [0, 0.1) is 5.82 Å². The van der Waals surface area contributed by atoms with Crippen molar-refractivity contribution >= 4 is 30.7 Å². The lowest BCUT2D eigenvalue weighted by Gasteiger charge is -2.11. The van der Waals surface area contributed by atoms with E-state index in [9.17, 15) is 21.2 Å². The van der Waals surface area contributed by atoms with Gasteiger partial charge in [-0.1, -0.05) is 18.2 Å². The third kappa shape index (κ3) is 3.40. The summed E-state index contributed by atoms with van der Waals surface area (Å²) in [6.07, 6.45) is 2.21. The molecule has 10 heteroatoms. The highest BCUT2D eigenvalue weighted by atomic mass is 32.2. The number of hydrogen-bond acceptors (Lipinski definition) is 6. The van der Waals surface area contributed by atoms with Gasteiger partial charge in [0.1, 0.15) is 16.5 Å². The zero-order chi connectivity index (χ0) is 20.8. The van der Waals surface area contributed by atoms with Gasteiger partial charge in [0.05, 0.1) is 4.90 Å². The van der Waals surface area contributed by atoms with Crippen molar-refractivity contribution in [3.8, 4) is 5.69 Å². The molecule has 0 saturated heterocycles. The first-order valence-electron chi connectivity index (χ1n) is 8.32. The van der Waals surface area contributed by atoms with Gasteiger partial charge in [0, 0.05) is 23.5 Å². The van der Waals surface area contributed by atoms with Gasteiger partial charge in [-0.2, -0.15) is 4.98 Å². The summed E-state index contributed by atoms with van der Waals surface area (Å²) in [6.45, 7) is 0. The van der Waals surface area contributed by atoms with Crippen LogP contribution < -0.4 is 0 Å². The fourth-order valence-electron chi connectivity index (χ4n) is 2.89. The fraction of sp³-hybridized carbons (Fsp3) is 0.0526. The van der Waals surface area contributed by atoms with Gasteiger partial charge in [-0.05, 0) is 42.5 Å². The van der Waals surface area contributed by atoms with E-state index in [0.717, 1.165) is 6.26 Å². The molecular formula is C19H14FN3O4S2. The Kier molecular flexibility index (Phi) is 4.47. The van der Waals surface area contributed by atoms with Crippen molar-refractivity contribution in [1.82, 2.24) is 14.5 Å². The third-order valence-corrected chi connectivity index (χ3v) is 6.83. The lowest BCUT2D eigenvalue weighted by Crippen LogP contribution is -2.10. The molecule has 4 aromatic rings. The molecule has 148 valence electrons. The average molecular weight is 431 g/mol. The molecule has 0 aliphatic rings. The Bertz CT molecular complexity index is 1430. The van der Waals surface area contributed by atoms with Gasteiger partial charge in [-0.3, -0.25) is 4.57 Å². The second-order valence-electron chi connectivity index (χ2n) is 6.31. The smallest absolute Gasteiger partial charge is 0.248 e. The number of rotatable bonds is 4. The summed E-state index contributed by atoms with van der Waals surface area (Å²) >= 11 is 0. The molecule has 0 unspecified atom stereocenters. The molecule has 0 aliphatic carbocycles. The summed E-state index contributed by atoms with van der Waals surface area (Å²) in [7, 11) is -7.71. The molecule has 0 bridgehead atoms. The molecule has 0 amide bonds. The number of sulfone groups is 2. The fourth-order valence-corrected chi connectivity index (χ4v) is 4.85. The Morgan fingerprint density at radius 3 is 2.21 bits per heavy atom. The SMILES string of the molecule is CS(=O)(=O)c1ncc2cc(S(=O)(=O)c3ccccc3)n(-c3ccc(F)cc3)c2n1. The summed E-state index contributed by atoms with van der Waals surface area (Å²) < 4.78 is 65.1. The molecule has 4 rings (SSSR count). The Morgan fingerprint density at radius 2 is 1.59 bits per heavy atom. The van der Waals surface area contributed by atoms with Crippen molar-refractivity contribution < 1.29 is 21.2 Å². The van der Waals surface area contributed by atoms with E-state index in [4.69, 9.17) is 0 Å². The normalized spacial score (nSPS) is 12.3. The second kappa shape index (κ2) is 6.75. The van der Waals surface area contributed by atoms with Crippen LogP contribution in [0.15, 0.2) is 81.9 Å². The van der Waals surface area contributed by atoms with E-state index in [-0.39, 0.29) is 15.6 Å². The van der Waals surface area contributed by atoms with Crippen molar-refractivity contribution in [2.24, 2.45) is 0 Å². The van der Waals surface area contributed by atoms with E-state index < -0.39 is 30.6 Å². The molecule has 2 aromatic heterocycles. The molecule has 7 nitrogen and oxygen atoms in total. The van der Waals surface area contributed by atoms with Crippen molar-refractivity contribution in [2.45, 2.75) is 15.1 Å². The number of benzene rings is 2. The third-order valence-electron chi connectivity index (χ3n) is 4.23. The van der Waals surface area contributed by atoms with Gasteiger partial charge in [-0.15, -0.1) is 0 Å². The van der Waals surface area contributed by atoms with Crippen molar-refractivity contribution in [1.29, 1.82) is 0 Å². The Balaban J connectivity index is 2.09. The van der Waals surface area contributed by atoms with Crippen LogP contribution in [0.5, 0.6) is 0 Å². The first kappa shape index (κ1) is 19.2. The van der Waals surface area contributed by atoms with Gasteiger partial charge in [-0.25, -0.2) is 26.2 Å². The molecule has 0 atom stereocenters. The van der Waals surface area contributed by atoms with Gasteiger partial charge in [0.2, 0.25) is 24.8 Å². The topological polar surface area (TPSA) is 99.0 Å². The molecule has 0 fully saturated rings. The molecule has 0 radical (unpaired) electrons. The molecule has 0 spiro atoms. The van der Waals surface area contributed by atoms with Crippen LogP contribution in [0.25, 0.3) is 16.7 Å². The highest BCUT2D eigenvalue weighted by Crippen LogP contribution is 2.30. The van der Waals surface area contributed by atoms with Crippen LogP contribution >= 0.6 is 0 Å². The minimum Gasteiger partial charge on any atom is -0.284 e. The molecule has 2 aromatic carbocycles. The number of nitrogens with zero attached hydrogens (tertiary/aromatic N) is 3. The summed E-state index contributed by atoms with van der Waals surface area (Å²) in [5.74, 6) is -0.496. The lowest BCUT2D eigenvalue weighted by molar-refractivity contribution is 0.590. The van der Waals surface area contributed by atoms with E-state index in [1.54, 1.807) is 18.2 Å².